The average molecular weight is 235 g/mol. The Balaban J connectivity index is 2.53. The first-order chi connectivity index (χ1) is 8.02. The maximum absolute atomic E-state index is 11.4. The van der Waals surface area contributed by atoms with Crippen LogP contribution in [-0.4, -0.2) is 17.9 Å². The standard InChI is InChI=1S/C12H16N2O3/c1-2-8-3-5-9(6-4-8)14-11(15)7-10(13)12(16)17/h3-6,10H,2,7,13H2,1H3,(H,14,15)(H,16,17)/p-1. The van der Waals surface area contributed by atoms with Crippen molar-refractivity contribution in [2.24, 2.45) is 5.73 Å². The van der Waals surface area contributed by atoms with Crippen LogP contribution in [0.2, 0.25) is 0 Å². The number of aliphatic carboxylic acids is 1. The number of carboxylic acids is 1. The zero-order valence-corrected chi connectivity index (χ0v) is 9.60. The van der Waals surface area contributed by atoms with Gasteiger partial charge < -0.3 is 21.0 Å². The number of amides is 1. The SMILES string of the molecule is CCc1ccc(NC(=O)CC(N)C(=O)[O-])cc1. The molecule has 1 aromatic carbocycles. The van der Waals surface area contributed by atoms with Crippen LogP contribution in [0.1, 0.15) is 18.9 Å². The number of aryl methyl sites for hydroxylation is 1. The van der Waals surface area contributed by atoms with Gasteiger partial charge in [-0.2, -0.15) is 0 Å². The summed E-state index contributed by atoms with van der Waals surface area (Å²) in [5, 5.41) is 12.9. The fourth-order valence-corrected chi connectivity index (χ4v) is 1.32. The molecule has 5 nitrogen and oxygen atoms in total. The third-order valence-electron chi connectivity index (χ3n) is 2.35. The van der Waals surface area contributed by atoms with Crippen LogP contribution in [0.3, 0.4) is 0 Å². The van der Waals surface area contributed by atoms with Crippen LogP contribution >= 0.6 is 0 Å². The zero-order valence-electron chi connectivity index (χ0n) is 9.60. The van der Waals surface area contributed by atoms with Gasteiger partial charge in [0, 0.05) is 12.1 Å². The summed E-state index contributed by atoms with van der Waals surface area (Å²) in [6.45, 7) is 2.03. The maximum Gasteiger partial charge on any atom is 0.226 e. The third kappa shape index (κ3) is 4.24. The molecule has 0 saturated carbocycles. The van der Waals surface area contributed by atoms with E-state index in [0.717, 1.165) is 12.0 Å². The molecular formula is C12H15N2O3-. The van der Waals surface area contributed by atoms with E-state index in [2.05, 4.69) is 5.32 Å². The van der Waals surface area contributed by atoms with Gasteiger partial charge in [0.25, 0.3) is 0 Å². The van der Waals surface area contributed by atoms with Gasteiger partial charge in [-0.25, -0.2) is 0 Å². The summed E-state index contributed by atoms with van der Waals surface area (Å²) in [5.74, 6) is -1.87. The summed E-state index contributed by atoms with van der Waals surface area (Å²) >= 11 is 0. The monoisotopic (exact) mass is 235 g/mol. The van der Waals surface area contributed by atoms with Gasteiger partial charge in [-0.05, 0) is 24.1 Å². The molecule has 92 valence electrons. The van der Waals surface area contributed by atoms with Gasteiger partial charge in [-0.15, -0.1) is 0 Å². The molecule has 0 aliphatic carbocycles. The number of rotatable bonds is 5. The predicted molar refractivity (Wildman–Crippen MR) is 62.0 cm³/mol. The molecule has 0 aromatic heterocycles. The average Bonchev–Trinajstić information content (AvgIpc) is 2.29. The molecule has 0 heterocycles. The Morgan fingerprint density at radius 2 is 1.94 bits per heavy atom. The highest BCUT2D eigenvalue weighted by molar-refractivity contribution is 5.93. The minimum atomic E-state index is -1.43. The fourth-order valence-electron chi connectivity index (χ4n) is 1.32. The zero-order chi connectivity index (χ0) is 12.8. The number of benzene rings is 1. The topological polar surface area (TPSA) is 95.2 Å². The molecule has 0 spiro atoms. The van der Waals surface area contributed by atoms with E-state index in [0.29, 0.717) is 5.69 Å². The Kier molecular flexibility index (Phi) is 4.66. The summed E-state index contributed by atoms with van der Waals surface area (Å²) in [6, 6.07) is 6.05. The van der Waals surface area contributed by atoms with Crippen molar-refractivity contribution in [3.8, 4) is 0 Å². The highest BCUT2D eigenvalue weighted by atomic mass is 16.4. The Hall–Kier alpha value is -1.88. The molecule has 1 rings (SSSR count). The van der Waals surface area contributed by atoms with Gasteiger partial charge in [0.2, 0.25) is 5.91 Å². The summed E-state index contributed by atoms with van der Waals surface area (Å²) in [5.41, 5.74) is 6.98. The number of nitrogens with two attached hydrogens (primary N) is 1. The van der Waals surface area contributed by atoms with E-state index in [1.807, 2.05) is 19.1 Å². The lowest BCUT2D eigenvalue weighted by molar-refractivity contribution is -0.307. The van der Waals surface area contributed by atoms with E-state index < -0.39 is 17.9 Å². The number of hydrogen-bond donors (Lipinski definition) is 2. The number of carbonyl (C=O) groups excluding carboxylic acids is 2. The van der Waals surface area contributed by atoms with Crippen molar-refractivity contribution in [2.75, 3.05) is 5.32 Å². The van der Waals surface area contributed by atoms with Crippen LogP contribution in [0.5, 0.6) is 0 Å². The molecular weight excluding hydrogens is 220 g/mol. The van der Waals surface area contributed by atoms with Crippen LogP contribution in [0.15, 0.2) is 24.3 Å². The summed E-state index contributed by atoms with van der Waals surface area (Å²) < 4.78 is 0. The minimum absolute atomic E-state index is 0.294. The van der Waals surface area contributed by atoms with E-state index in [1.165, 1.54) is 0 Å². The first kappa shape index (κ1) is 13.2. The van der Waals surface area contributed by atoms with Gasteiger partial charge in [-0.1, -0.05) is 19.1 Å². The van der Waals surface area contributed by atoms with Gasteiger partial charge >= 0.3 is 0 Å². The van der Waals surface area contributed by atoms with E-state index in [-0.39, 0.29) is 6.42 Å². The number of carboxylic acid groups (broad SMARTS) is 1. The lowest BCUT2D eigenvalue weighted by Crippen LogP contribution is -2.43. The normalized spacial score (nSPS) is 11.9. The second-order valence-corrected chi connectivity index (χ2v) is 3.73. The van der Waals surface area contributed by atoms with Crippen LogP contribution in [0.4, 0.5) is 5.69 Å². The Morgan fingerprint density at radius 3 is 2.41 bits per heavy atom. The number of carbonyl (C=O) groups is 2. The molecule has 0 radical (unpaired) electrons. The lowest BCUT2D eigenvalue weighted by Gasteiger charge is -2.12. The van der Waals surface area contributed by atoms with Crippen molar-refractivity contribution in [1.82, 2.24) is 0 Å². The van der Waals surface area contributed by atoms with Crippen LogP contribution in [0.25, 0.3) is 0 Å². The molecule has 1 atom stereocenters. The second kappa shape index (κ2) is 6.00. The first-order valence-electron chi connectivity index (χ1n) is 5.38. The van der Waals surface area contributed by atoms with Crippen molar-refractivity contribution >= 4 is 17.6 Å². The predicted octanol–water partition coefficient (Wildman–Crippen LogP) is -0.345. The van der Waals surface area contributed by atoms with Crippen molar-refractivity contribution in [3.63, 3.8) is 0 Å². The summed E-state index contributed by atoms with van der Waals surface area (Å²) in [6.07, 6.45) is 0.627. The quantitative estimate of drug-likeness (QED) is 0.729. The second-order valence-electron chi connectivity index (χ2n) is 3.73. The Bertz CT molecular complexity index is 401. The molecule has 1 unspecified atom stereocenters. The molecule has 3 N–H and O–H groups in total. The molecule has 17 heavy (non-hydrogen) atoms. The molecule has 0 saturated heterocycles. The fraction of sp³-hybridized carbons (Fsp3) is 0.333. The van der Waals surface area contributed by atoms with Gasteiger partial charge in [0.15, 0.2) is 0 Å². The van der Waals surface area contributed by atoms with E-state index in [4.69, 9.17) is 5.73 Å². The highest BCUT2D eigenvalue weighted by Crippen LogP contribution is 2.10. The summed E-state index contributed by atoms with van der Waals surface area (Å²) in [4.78, 5) is 21.8. The van der Waals surface area contributed by atoms with Crippen molar-refractivity contribution < 1.29 is 14.7 Å². The van der Waals surface area contributed by atoms with Crippen LogP contribution in [0, 0.1) is 0 Å². The van der Waals surface area contributed by atoms with Crippen LogP contribution < -0.4 is 16.2 Å². The largest absolute Gasteiger partial charge is 0.548 e. The van der Waals surface area contributed by atoms with Crippen LogP contribution in [-0.2, 0) is 16.0 Å². The van der Waals surface area contributed by atoms with Gasteiger partial charge in [0.05, 0.1) is 12.0 Å². The number of nitrogens with one attached hydrogen (secondary N) is 1. The van der Waals surface area contributed by atoms with E-state index in [1.54, 1.807) is 12.1 Å². The molecule has 0 aliphatic rings. The lowest BCUT2D eigenvalue weighted by atomic mass is 10.1. The number of hydrogen-bond acceptors (Lipinski definition) is 4. The first-order valence-corrected chi connectivity index (χ1v) is 5.38. The summed E-state index contributed by atoms with van der Waals surface area (Å²) in [7, 11) is 0. The molecule has 1 aromatic rings. The Labute approximate surface area is 99.6 Å². The van der Waals surface area contributed by atoms with Gasteiger partial charge in [0.1, 0.15) is 0 Å². The third-order valence-corrected chi connectivity index (χ3v) is 2.35. The minimum Gasteiger partial charge on any atom is -0.548 e. The Morgan fingerprint density at radius 1 is 1.35 bits per heavy atom. The van der Waals surface area contributed by atoms with E-state index in [9.17, 15) is 14.7 Å². The smallest absolute Gasteiger partial charge is 0.226 e. The van der Waals surface area contributed by atoms with Gasteiger partial charge in [-0.3, -0.25) is 4.79 Å². The maximum atomic E-state index is 11.4. The van der Waals surface area contributed by atoms with Crippen molar-refractivity contribution in [1.29, 1.82) is 0 Å². The molecule has 0 bridgehead atoms. The molecule has 5 heteroatoms. The molecule has 0 aliphatic heterocycles. The highest BCUT2D eigenvalue weighted by Gasteiger charge is 2.10. The molecule has 0 fully saturated rings. The van der Waals surface area contributed by atoms with E-state index >= 15 is 0 Å². The number of anilines is 1. The van der Waals surface area contributed by atoms with Crippen molar-refractivity contribution in [2.45, 2.75) is 25.8 Å². The molecule has 1 amide bonds. The van der Waals surface area contributed by atoms with Crippen molar-refractivity contribution in [3.05, 3.63) is 29.8 Å².